The van der Waals surface area contributed by atoms with Gasteiger partial charge in [0.1, 0.15) is 0 Å². The largest absolute Gasteiger partial charge is 0.341 e. The molecule has 1 aromatic rings. The summed E-state index contributed by atoms with van der Waals surface area (Å²) in [4.78, 5) is 18.5. The molecule has 1 aliphatic rings. The fraction of sp³-hybridized carbons (Fsp3) is 0.800. The number of likely N-dealkylation sites (tertiary alicyclic amines) is 1. The Hall–Kier alpha value is -1.14. The lowest BCUT2D eigenvalue weighted by Gasteiger charge is -2.32. The van der Waals surface area contributed by atoms with Gasteiger partial charge in [-0.3, -0.25) is 4.79 Å². The maximum Gasteiger partial charge on any atom is 0.226 e. The normalized spacial score (nSPS) is 18.1. The molecule has 0 aromatic carbocycles. The number of aryl methyl sites for hydroxylation is 2. The van der Waals surface area contributed by atoms with Crippen molar-refractivity contribution in [2.75, 3.05) is 20.1 Å². The average Bonchev–Trinajstić information content (AvgIpc) is 2.95. The van der Waals surface area contributed by atoms with E-state index in [1.54, 1.807) is 0 Å². The zero-order valence-corrected chi connectivity index (χ0v) is 14.3. The standard InChI is InChI=1S/C15H26N4O2.ClH/c1-3-6-13-17-14(21-18-13)8-4-9-15(20)19-10-5-7-12(11-19)16-2;/h12,16H,3-11H2,1-2H3;1H. The van der Waals surface area contributed by atoms with Crippen molar-refractivity contribution < 1.29 is 9.32 Å². The van der Waals surface area contributed by atoms with Crippen molar-refractivity contribution in [1.29, 1.82) is 0 Å². The number of likely N-dealkylation sites (N-methyl/N-ethyl adjacent to an activating group) is 1. The van der Waals surface area contributed by atoms with Crippen molar-refractivity contribution in [3.05, 3.63) is 11.7 Å². The van der Waals surface area contributed by atoms with Crippen LogP contribution in [-0.4, -0.2) is 47.1 Å². The second-order valence-corrected chi connectivity index (χ2v) is 5.68. The molecule has 1 aromatic heterocycles. The lowest BCUT2D eigenvalue weighted by atomic mass is 10.1. The van der Waals surface area contributed by atoms with E-state index in [1.165, 1.54) is 0 Å². The van der Waals surface area contributed by atoms with Gasteiger partial charge in [0, 0.05) is 38.4 Å². The number of nitrogens with zero attached hydrogens (tertiary/aromatic N) is 3. The molecule has 1 saturated heterocycles. The van der Waals surface area contributed by atoms with Crippen LogP contribution in [0.1, 0.15) is 50.7 Å². The summed E-state index contributed by atoms with van der Waals surface area (Å²) in [6, 6.07) is 0.440. The summed E-state index contributed by atoms with van der Waals surface area (Å²) in [5.74, 6) is 1.66. The maximum atomic E-state index is 12.2. The molecule has 0 saturated carbocycles. The molecule has 1 amide bonds. The van der Waals surface area contributed by atoms with Gasteiger partial charge in [0.2, 0.25) is 11.8 Å². The summed E-state index contributed by atoms with van der Waals surface area (Å²) >= 11 is 0. The van der Waals surface area contributed by atoms with Crippen LogP contribution in [0.5, 0.6) is 0 Å². The van der Waals surface area contributed by atoms with Crippen LogP contribution in [0.15, 0.2) is 4.52 Å². The van der Waals surface area contributed by atoms with Crippen LogP contribution in [0.2, 0.25) is 0 Å². The zero-order valence-electron chi connectivity index (χ0n) is 13.5. The molecule has 0 bridgehead atoms. The van der Waals surface area contributed by atoms with Crippen LogP contribution in [0.4, 0.5) is 0 Å². The molecular weight excluding hydrogens is 304 g/mol. The SMILES string of the molecule is CCCc1noc(CCCC(=O)N2CCCC(NC)C2)n1.Cl. The fourth-order valence-corrected chi connectivity index (χ4v) is 2.71. The van der Waals surface area contributed by atoms with E-state index in [1.807, 2.05) is 11.9 Å². The lowest BCUT2D eigenvalue weighted by molar-refractivity contribution is -0.132. The van der Waals surface area contributed by atoms with Crippen molar-refractivity contribution in [3.8, 4) is 0 Å². The van der Waals surface area contributed by atoms with E-state index in [0.29, 0.717) is 24.8 Å². The molecule has 0 spiro atoms. The highest BCUT2D eigenvalue weighted by molar-refractivity contribution is 5.85. The highest BCUT2D eigenvalue weighted by atomic mass is 35.5. The molecule has 6 nitrogen and oxygen atoms in total. The Morgan fingerprint density at radius 2 is 2.27 bits per heavy atom. The van der Waals surface area contributed by atoms with Crippen LogP contribution < -0.4 is 5.32 Å². The van der Waals surface area contributed by atoms with E-state index in [4.69, 9.17) is 4.52 Å². The van der Waals surface area contributed by atoms with E-state index in [9.17, 15) is 4.79 Å². The Labute approximate surface area is 138 Å². The summed E-state index contributed by atoms with van der Waals surface area (Å²) in [6.07, 6.45) is 6.12. The van der Waals surface area contributed by atoms with Gasteiger partial charge in [0.05, 0.1) is 0 Å². The molecule has 0 radical (unpaired) electrons. The van der Waals surface area contributed by atoms with Gasteiger partial charge in [-0.25, -0.2) is 0 Å². The molecule has 126 valence electrons. The Balaban J connectivity index is 0.00000242. The van der Waals surface area contributed by atoms with Gasteiger partial charge >= 0.3 is 0 Å². The molecule has 7 heteroatoms. The second kappa shape index (κ2) is 9.79. The van der Waals surface area contributed by atoms with Gasteiger partial charge < -0.3 is 14.7 Å². The van der Waals surface area contributed by atoms with Crippen LogP contribution in [0.3, 0.4) is 0 Å². The zero-order chi connectivity index (χ0) is 15.1. The molecule has 0 aliphatic carbocycles. The number of carbonyl (C=O) groups is 1. The van der Waals surface area contributed by atoms with E-state index in [0.717, 1.165) is 51.0 Å². The monoisotopic (exact) mass is 330 g/mol. The van der Waals surface area contributed by atoms with Gasteiger partial charge in [-0.05, 0) is 32.7 Å². The highest BCUT2D eigenvalue weighted by Crippen LogP contribution is 2.12. The van der Waals surface area contributed by atoms with Crippen molar-refractivity contribution in [2.45, 2.75) is 57.9 Å². The second-order valence-electron chi connectivity index (χ2n) is 5.68. The van der Waals surface area contributed by atoms with Crippen molar-refractivity contribution in [2.24, 2.45) is 0 Å². The van der Waals surface area contributed by atoms with Gasteiger partial charge in [-0.15, -0.1) is 12.4 Å². The minimum Gasteiger partial charge on any atom is -0.341 e. The number of hydrogen-bond acceptors (Lipinski definition) is 5. The molecule has 1 N–H and O–H groups in total. The maximum absolute atomic E-state index is 12.2. The third kappa shape index (κ3) is 5.57. The first-order valence-corrected chi connectivity index (χ1v) is 7.99. The van der Waals surface area contributed by atoms with Crippen LogP contribution in [-0.2, 0) is 17.6 Å². The first kappa shape index (κ1) is 18.9. The molecule has 2 heterocycles. The summed E-state index contributed by atoms with van der Waals surface area (Å²) in [5.41, 5.74) is 0. The summed E-state index contributed by atoms with van der Waals surface area (Å²) in [5, 5.41) is 7.18. The first-order chi connectivity index (χ1) is 10.2. The topological polar surface area (TPSA) is 71.3 Å². The molecule has 2 rings (SSSR count). The molecule has 1 fully saturated rings. The van der Waals surface area contributed by atoms with Gasteiger partial charge in [0.15, 0.2) is 5.82 Å². The Bertz CT molecular complexity index is 453. The van der Waals surface area contributed by atoms with E-state index in [2.05, 4.69) is 22.4 Å². The van der Waals surface area contributed by atoms with Crippen LogP contribution in [0, 0.1) is 0 Å². The van der Waals surface area contributed by atoms with E-state index < -0.39 is 0 Å². The van der Waals surface area contributed by atoms with E-state index >= 15 is 0 Å². The quantitative estimate of drug-likeness (QED) is 0.827. The predicted octanol–water partition coefficient (Wildman–Crippen LogP) is 1.98. The highest BCUT2D eigenvalue weighted by Gasteiger charge is 2.22. The molecule has 1 unspecified atom stereocenters. The molecule has 22 heavy (non-hydrogen) atoms. The van der Waals surface area contributed by atoms with Crippen molar-refractivity contribution >= 4 is 18.3 Å². The smallest absolute Gasteiger partial charge is 0.226 e. The third-order valence-electron chi connectivity index (χ3n) is 3.95. The van der Waals surface area contributed by atoms with Crippen molar-refractivity contribution in [3.63, 3.8) is 0 Å². The molecule has 1 aliphatic heterocycles. The number of nitrogens with one attached hydrogen (secondary N) is 1. The summed E-state index contributed by atoms with van der Waals surface area (Å²) in [6.45, 7) is 3.81. The molecular formula is C15H27ClN4O2. The predicted molar refractivity (Wildman–Crippen MR) is 87.1 cm³/mol. The van der Waals surface area contributed by atoms with Gasteiger partial charge in [-0.1, -0.05) is 12.1 Å². The average molecular weight is 331 g/mol. The van der Waals surface area contributed by atoms with E-state index in [-0.39, 0.29) is 18.3 Å². The minimum absolute atomic E-state index is 0. The summed E-state index contributed by atoms with van der Waals surface area (Å²) in [7, 11) is 1.96. The lowest BCUT2D eigenvalue weighted by Crippen LogP contribution is -2.46. The first-order valence-electron chi connectivity index (χ1n) is 7.99. The number of carbonyl (C=O) groups excluding carboxylic acids is 1. The minimum atomic E-state index is 0. The number of rotatable bonds is 7. The summed E-state index contributed by atoms with van der Waals surface area (Å²) < 4.78 is 5.18. The number of aromatic nitrogens is 2. The van der Waals surface area contributed by atoms with Gasteiger partial charge in [0.25, 0.3) is 0 Å². The fourth-order valence-electron chi connectivity index (χ4n) is 2.71. The number of amides is 1. The third-order valence-corrected chi connectivity index (χ3v) is 3.95. The number of piperidine rings is 1. The van der Waals surface area contributed by atoms with Crippen LogP contribution in [0.25, 0.3) is 0 Å². The number of halogens is 1. The van der Waals surface area contributed by atoms with Crippen molar-refractivity contribution in [1.82, 2.24) is 20.4 Å². The van der Waals surface area contributed by atoms with Gasteiger partial charge in [-0.2, -0.15) is 4.98 Å². The van der Waals surface area contributed by atoms with Crippen LogP contribution >= 0.6 is 12.4 Å². The number of hydrogen-bond donors (Lipinski definition) is 1. The Kier molecular flexibility index (Phi) is 8.42. The Morgan fingerprint density at radius 3 is 3.00 bits per heavy atom. The molecule has 1 atom stereocenters. The Morgan fingerprint density at radius 1 is 1.45 bits per heavy atom.